The summed E-state index contributed by atoms with van der Waals surface area (Å²) < 4.78 is 4.97. The lowest BCUT2D eigenvalue weighted by Gasteiger charge is -2.44. The topological polar surface area (TPSA) is 45.3 Å². The summed E-state index contributed by atoms with van der Waals surface area (Å²) in [7, 11) is 3.62. The third-order valence-corrected chi connectivity index (χ3v) is 5.26. The van der Waals surface area contributed by atoms with Crippen LogP contribution in [0.25, 0.3) is 10.9 Å². The number of fused-ring (bicyclic) bond motifs is 2. The predicted molar refractivity (Wildman–Crippen MR) is 81.3 cm³/mol. The van der Waals surface area contributed by atoms with E-state index in [9.17, 15) is 4.79 Å². The van der Waals surface area contributed by atoms with Crippen molar-refractivity contribution >= 4 is 16.9 Å². The lowest BCUT2D eigenvalue weighted by Crippen LogP contribution is -2.49. The van der Waals surface area contributed by atoms with Crippen LogP contribution in [0.15, 0.2) is 24.4 Å². The van der Waals surface area contributed by atoms with Crippen LogP contribution in [0.1, 0.15) is 23.5 Å². The molecule has 110 valence electrons. The molecule has 1 unspecified atom stereocenters. The zero-order valence-electron chi connectivity index (χ0n) is 12.4. The highest BCUT2D eigenvalue weighted by Crippen LogP contribution is 2.44. The average Bonchev–Trinajstić information content (AvgIpc) is 2.92. The van der Waals surface area contributed by atoms with Crippen molar-refractivity contribution in [3.8, 4) is 0 Å². The van der Waals surface area contributed by atoms with Crippen LogP contribution in [0, 0.1) is 5.92 Å². The van der Waals surface area contributed by atoms with E-state index in [0.717, 1.165) is 19.4 Å². The first-order valence-corrected chi connectivity index (χ1v) is 7.56. The molecule has 1 aromatic carbocycles. The van der Waals surface area contributed by atoms with Crippen LogP contribution in [0.4, 0.5) is 0 Å². The lowest BCUT2D eigenvalue weighted by molar-refractivity contribution is -0.148. The van der Waals surface area contributed by atoms with Gasteiger partial charge in [0.05, 0.1) is 13.0 Å². The highest BCUT2D eigenvalue weighted by molar-refractivity contribution is 5.88. The molecule has 4 rings (SSSR count). The van der Waals surface area contributed by atoms with Crippen LogP contribution >= 0.6 is 0 Å². The molecule has 0 bridgehead atoms. The van der Waals surface area contributed by atoms with Gasteiger partial charge in [0, 0.05) is 35.6 Å². The summed E-state index contributed by atoms with van der Waals surface area (Å²) in [6.07, 6.45) is 4.10. The minimum absolute atomic E-state index is 0.0167. The maximum Gasteiger partial charge on any atom is 0.309 e. The Bertz CT molecular complexity index is 706. The van der Waals surface area contributed by atoms with E-state index >= 15 is 0 Å². The Morgan fingerprint density at radius 1 is 1.43 bits per heavy atom. The summed E-state index contributed by atoms with van der Waals surface area (Å²) in [5.74, 6) is 0.323. The average molecular weight is 284 g/mol. The molecule has 4 heteroatoms. The highest BCUT2D eigenvalue weighted by Gasteiger charge is 2.41. The standard InChI is InChI=1S/C17H20N2O2/c1-19-9-11(17(20)21-2)6-13-12-4-3-5-14-16(12)10(8-18-14)7-15(13)19/h3-5,8,11,13,15,18H,6-7,9H2,1-2H3/t11-,13?,15-/m1/s1. The van der Waals surface area contributed by atoms with Gasteiger partial charge >= 0.3 is 5.97 Å². The number of carbonyl (C=O) groups is 1. The van der Waals surface area contributed by atoms with E-state index in [1.165, 1.54) is 29.1 Å². The van der Waals surface area contributed by atoms with Gasteiger partial charge in [0.25, 0.3) is 0 Å². The maximum atomic E-state index is 12.0. The fraction of sp³-hybridized carbons (Fsp3) is 0.471. The van der Waals surface area contributed by atoms with Crippen molar-refractivity contribution in [3.63, 3.8) is 0 Å². The number of esters is 1. The molecule has 3 atom stereocenters. The first kappa shape index (κ1) is 12.9. The van der Waals surface area contributed by atoms with Gasteiger partial charge in [-0.1, -0.05) is 12.1 Å². The molecule has 0 spiro atoms. The number of hydrogen-bond donors (Lipinski definition) is 1. The van der Waals surface area contributed by atoms with Crippen LogP contribution in [0.2, 0.25) is 0 Å². The minimum atomic E-state index is -0.0765. The van der Waals surface area contributed by atoms with Gasteiger partial charge in [-0.25, -0.2) is 0 Å². The van der Waals surface area contributed by atoms with Gasteiger partial charge < -0.3 is 14.6 Å². The normalized spacial score (nSPS) is 28.4. The summed E-state index contributed by atoms with van der Waals surface area (Å²) in [6, 6.07) is 6.96. The molecule has 1 saturated heterocycles. The van der Waals surface area contributed by atoms with Gasteiger partial charge in [0.2, 0.25) is 0 Å². The molecule has 1 aromatic heterocycles. The van der Waals surface area contributed by atoms with E-state index in [4.69, 9.17) is 4.74 Å². The summed E-state index contributed by atoms with van der Waals surface area (Å²) in [5.41, 5.74) is 4.01. The Kier molecular flexibility index (Phi) is 2.82. The number of benzene rings is 1. The number of carbonyl (C=O) groups excluding carboxylic acids is 1. The number of hydrogen-bond acceptors (Lipinski definition) is 3. The smallest absolute Gasteiger partial charge is 0.309 e. The molecule has 1 N–H and O–H groups in total. The largest absolute Gasteiger partial charge is 0.469 e. The summed E-state index contributed by atoms with van der Waals surface area (Å²) in [4.78, 5) is 17.7. The van der Waals surface area contributed by atoms with E-state index in [-0.39, 0.29) is 11.9 Å². The van der Waals surface area contributed by atoms with Gasteiger partial charge in [-0.3, -0.25) is 4.79 Å². The fourth-order valence-corrected chi connectivity index (χ4v) is 4.28. The van der Waals surface area contributed by atoms with Crippen LogP contribution in [0.5, 0.6) is 0 Å². The number of H-pyrrole nitrogens is 1. The number of aromatic nitrogens is 1. The number of nitrogens with one attached hydrogen (secondary N) is 1. The van der Waals surface area contributed by atoms with Crippen molar-refractivity contribution in [2.24, 2.45) is 5.92 Å². The number of ether oxygens (including phenoxy) is 1. The van der Waals surface area contributed by atoms with Gasteiger partial charge in [-0.15, -0.1) is 0 Å². The molecule has 1 aliphatic heterocycles. The number of nitrogens with zero attached hydrogens (tertiary/aromatic N) is 1. The van der Waals surface area contributed by atoms with Crippen molar-refractivity contribution < 1.29 is 9.53 Å². The Labute approximate surface area is 124 Å². The molecule has 21 heavy (non-hydrogen) atoms. The molecule has 2 heterocycles. The van der Waals surface area contributed by atoms with Gasteiger partial charge in [-0.05, 0) is 37.1 Å². The third kappa shape index (κ3) is 1.82. The predicted octanol–water partition coefficient (Wildman–Crippen LogP) is 2.30. The van der Waals surface area contributed by atoms with E-state index in [1.807, 2.05) is 0 Å². The van der Waals surface area contributed by atoms with Crippen LogP contribution < -0.4 is 0 Å². The zero-order valence-corrected chi connectivity index (χ0v) is 12.4. The number of methoxy groups -OCH3 is 1. The first-order valence-electron chi connectivity index (χ1n) is 7.56. The molecule has 4 nitrogen and oxygen atoms in total. The number of rotatable bonds is 1. The third-order valence-electron chi connectivity index (χ3n) is 5.26. The SMILES string of the molecule is COC(=O)[C@@H]1CC2c3cccc4[nH]cc(c34)C[C@H]2N(C)C1. The van der Waals surface area contributed by atoms with Gasteiger partial charge in [0.15, 0.2) is 0 Å². The Morgan fingerprint density at radius 3 is 3.10 bits per heavy atom. The molecule has 0 amide bonds. The first-order chi connectivity index (χ1) is 10.2. The quantitative estimate of drug-likeness (QED) is 0.817. The van der Waals surface area contributed by atoms with Crippen molar-refractivity contribution in [3.05, 3.63) is 35.5 Å². The summed E-state index contributed by atoms with van der Waals surface area (Å²) in [5, 5.41) is 1.37. The fourth-order valence-electron chi connectivity index (χ4n) is 4.28. The van der Waals surface area contributed by atoms with Crippen LogP contribution in [0.3, 0.4) is 0 Å². The monoisotopic (exact) mass is 284 g/mol. The number of aromatic amines is 1. The Morgan fingerprint density at radius 2 is 2.29 bits per heavy atom. The maximum absolute atomic E-state index is 12.0. The second-order valence-corrected chi connectivity index (χ2v) is 6.36. The molecular weight excluding hydrogens is 264 g/mol. The molecule has 2 aromatic rings. The van der Waals surface area contributed by atoms with E-state index in [1.54, 1.807) is 0 Å². The summed E-state index contributed by atoms with van der Waals surface area (Å²) >= 11 is 0. The second kappa shape index (κ2) is 4.60. The van der Waals surface area contributed by atoms with Crippen molar-refractivity contribution in [2.75, 3.05) is 20.7 Å². The van der Waals surface area contributed by atoms with Gasteiger partial charge in [-0.2, -0.15) is 0 Å². The van der Waals surface area contributed by atoms with Crippen LogP contribution in [-0.4, -0.2) is 42.6 Å². The molecule has 2 aliphatic rings. The van der Waals surface area contributed by atoms with E-state index in [0.29, 0.717) is 12.0 Å². The lowest BCUT2D eigenvalue weighted by atomic mass is 9.72. The molecule has 1 fully saturated rings. The van der Waals surface area contributed by atoms with Crippen molar-refractivity contribution in [2.45, 2.75) is 24.8 Å². The molecule has 1 aliphatic carbocycles. The summed E-state index contributed by atoms with van der Waals surface area (Å²) in [6.45, 7) is 0.795. The van der Waals surface area contributed by atoms with Crippen molar-refractivity contribution in [1.29, 1.82) is 0 Å². The van der Waals surface area contributed by atoms with Crippen LogP contribution in [-0.2, 0) is 16.0 Å². The van der Waals surface area contributed by atoms with Gasteiger partial charge in [0.1, 0.15) is 0 Å². The van der Waals surface area contributed by atoms with E-state index in [2.05, 4.69) is 41.3 Å². The van der Waals surface area contributed by atoms with E-state index < -0.39 is 0 Å². The molecule has 0 radical (unpaired) electrons. The number of likely N-dealkylation sites (tertiary alicyclic amines) is 1. The Balaban J connectivity index is 1.79. The number of piperidine rings is 1. The van der Waals surface area contributed by atoms with Crippen molar-refractivity contribution in [1.82, 2.24) is 9.88 Å². The zero-order chi connectivity index (χ0) is 14.6. The molecule has 0 saturated carbocycles. The number of likely N-dealkylation sites (N-methyl/N-ethyl adjacent to an activating group) is 1. The molecular formula is C17H20N2O2. The minimum Gasteiger partial charge on any atom is -0.469 e. The Hall–Kier alpha value is -1.81. The second-order valence-electron chi connectivity index (χ2n) is 6.36. The highest BCUT2D eigenvalue weighted by atomic mass is 16.5.